The van der Waals surface area contributed by atoms with Crippen molar-refractivity contribution in [3.63, 3.8) is 0 Å². The molecule has 0 saturated carbocycles. The van der Waals surface area contributed by atoms with Gasteiger partial charge in [0.2, 0.25) is 0 Å². The summed E-state index contributed by atoms with van der Waals surface area (Å²) in [6.45, 7) is 1.71. The smallest absolute Gasteiger partial charge is 0.320 e. The second-order valence-corrected chi connectivity index (χ2v) is 3.53. The van der Waals surface area contributed by atoms with Crippen molar-refractivity contribution < 1.29 is 4.79 Å². The van der Waals surface area contributed by atoms with Crippen LogP contribution in [0.3, 0.4) is 0 Å². The largest absolute Gasteiger partial charge is 0.341 e. The number of rotatable bonds is 1. The molecule has 6 heteroatoms. The molecule has 0 aliphatic carbocycles. The van der Waals surface area contributed by atoms with Crippen LogP contribution in [0.2, 0.25) is 0 Å². The number of carbonyl (C=O) groups excluding carboxylic acids is 1. The van der Waals surface area contributed by atoms with Crippen LogP contribution < -0.4 is 16.0 Å². The molecule has 0 aromatic carbocycles. The van der Waals surface area contributed by atoms with Gasteiger partial charge < -0.3 is 10.6 Å². The maximum atomic E-state index is 11.2. The third-order valence-corrected chi connectivity index (χ3v) is 2.53. The number of anilines is 1. The summed E-state index contributed by atoms with van der Waals surface area (Å²) >= 11 is 0. The van der Waals surface area contributed by atoms with Crippen molar-refractivity contribution >= 4 is 11.8 Å². The third kappa shape index (κ3) is 1.80. The van der Waals surface area contributed by atoms with Crippen LogP contribution in [0.4, 0.5) is 10.6 Å². The highest BCUT2D eigenvalue weighted by atomic mass is 16.2. The normalized spacial score (nSPS) is 14.5. The molecule has 0 saturated heterocycles. The molecule has 0 unspecified atom stereocenters. The van der Waals surface area contributed by atoms with Crippen LogP contribution in [0, 0.1) is 0 Å². The number of carbonyl (C=O) groups is 1. The van der Waals surface area contributed by atoms with Crippen molar-refractivity contribution in [3.05, 3.63) is 11.3 Å². The van der Waals surface area contributed by atoms with Crippen molar-refractivity contribution in [3.8, 4) is 0 Å². The molecule has 1 aliphatic rings. The molecule has 1 aliphatic heterocycles. The predicted molar refractivity (Wildman–Crippen MR) is 56.7 cm³/mol. The van der Waals surface area contributed by atoms with Gasteiger partial charge in [-0.25, -0.2) is 4.79 Å². The molecule has 1 aromatic rings. The van der Waals surface area contributed by atoms with E-state index in [4.69, 9.17) is 0 Å². The lowest BCUT2D eigenvalue weighted by molar-refractivity contribution is 0.253. The number of aryl methyl sites for hydroxylation is 1. The standard InChI is InChI=1S/C9H15N5O/c1-10-9(15)12-8-6-5-11-4-3-7(6)13-14(8)2/h11H,3-5H2,1-2H3,(H2,10,12,15). The van der Waals surface area contributed by atoms with Crippen LogP contribution in [0.5, 0.6) is 0 Å². The number of nitrogens with zero attached hydrogens (tertiary/aromatic N) is 2. The highest BCUT2D eigenvalue weighted by Crippen LogP contribution is 2.21. The number of hydrogen-bond acceptors (Lipinski definition) is 3. The fourth-order valence-electron chi connectivity index (χ4n) is 1.76. The van der Waals surface area contributed by atoms with E-state index in [0.29, 0.717) is 0 Å². The number of hydrogen-bond donors (Lipinski definition) is 3. The maximum Gasteiger partial charge on any atom is 0.320 e. The molecule has 2 amide bonds. The zero-order valence-electron chi connectivity index (χ0n) is 8.92. The van der Waals surface area contributed by atoms with E-state index in [1.54, 1.807) is 11.7 Å². The Morgan fingerprint density at radius 1 is 1.60 bits per heavy atom. The van der Waals surface area contributed by atoms with E-state index >= 15 is 0 Å². The van der Waals surface area contributed by atoms with Gasteiger partial charge in [-0.1, -0.05) is 0 Å². The van der Waals surface area contributed by atoms with Crippen molar-refractivity contribution in [1.29, 1.82) is 0 Å². The Morgan fingerprint density at radius 3 is 3.13 bits per heavy atom. The minimum atomic E-state index is -0.216. The molecule has 6 nitrogen and oxygen atoms in total. The van der Waals surface area contributed by atoms with Crippen LogP contribution in [-0.2, 0) is 20.0 Å². The molecule has 2 rings (SSSR count). The molecule has 0 fully saturated rings. The number of nitrogens with one attached hydrogen (secondary N) is 3. The molecular formula is C9H15N5O. The molecule has 15 heavy (non-hydrogen) atoms. The summed E-state index contributed by atoms with van der Waals surface area (Å²) in [5.41, 5.74) is 2.16. The minimum Gasteiger partial charge on any atom is -0.341 e. The Bertz CT molecular complexity index is 384. The molecule has 0 atom stereocenters. The van der Waals surface area contributed by atoms with Crippen LogP contribution >= 0.6 is 0 Å². The average Bonchev–Trinajstić information content (AvgIpc) is 2.55. The minimum absolute atomic E-state index is 0.216. The van der Waals surface area contributed by atoms with Gasteiger partial charge in [0, 0.05) is 39.2 Å². The second-order valence-electron chi connectivity index (χ2n) is 3.53. The van der Waals surface area contributed by atoms with Crippen LogP contribution in [0.15, 0.2) is 0 Å². The number of aromatic nitrogens is 2. The van der Waals surface area contributed by atoms with E-state index in [0.717, 1.165) is 36.6 Å². The second kappa shape index (κ2) is 3.90. The van der Waals surface area contributed by atoms with Crippen LogP contribution in [-0.4, -0.2) is 29.4 Å². The van der Waals surface area contributed by atoms with E-state index in [2.05, 4.69) is 21.0 Å². The lowest BCUT2D eigenvalue weighted by Crippen LogP contribution is -2.28. The summed E-state index contributed by atoms with van der Waals surface area (Å²) in [6, 6.07) is -0.216. The highest BCUT2D eigenvalue weighted by molar-refractivity contribution is 5.89. The van der Waals surface area contributed by atoms with Crippen LogP contribution in [0.1, 0.15) is 11.3 Å². The Morgan fingerprint density at radius 2 is 2.40 bits per heavy atom. The van der Waals surface area contributed by atoms with E-state index in [-0.39, 0.29) is 6.03 Å². The van der Waals surface area contributed by atoms with Gasteiger partial charge in [-0.05, 0) is 0 Å². The van der Waals surface area contributed by atoms with Crippen molar-refractivity contribution in [2.75, 3.05) is 18.9 Å². The Balaban J connectivity index is 2.29. The molecule has 0 bridgehead atoms. The van der Waals surface area contributed by atoms with Gasteiger partial charge in [-0.3, -0.25) is 10.00 Å². The summed E-state index contributed by atoms with van der Waals surface area (Å²) in [5, 5.41) is 12.9. The summed E-state index contributed by atoms with van der Waals surface area (Å²) < 4.78 is 1.72. The lowest BCUT2D eigenvalue weighted by Gasteiger charge is -2.13. The fraction of sp³-hybridized carbons (Fsp3) is 0.556. The number of amides is 2. The van der Waals surface area contributed by atoms with Gasteiger partial charge in [0.15, 0.2) is 0 Å². The molecule has 82 valence electrons. The number of fused-ring (bicyclic) bond motifs is 1. The van der Waals surface area contributed by atoms with E-state index in [1.807, 2.05) is 7.05 Å². The first kappa shape index (κ1) is 9.97. The van der Waals surface area contributed by atoms with Crippen molar-refractivity contribution in [1.82, 2.24) is 20.4 Å². The van der Waals surface area contributed by atoms with E-state index in [1.165, 1.54) is 0 Å². The van der Waals surface area contributed by atoms with Gasteiger partial charge in [-0.15, -0.1) is 0 Å². The lowest BCUT2D eigenvalue weighted by atomic mass is 10.1. The van der Waals surface area contributed by atoms with E-state index in [9.17, 15) is 4.79 Å². The van der Waals surface area contributed by atoms with Gasteiger partial charge >= 0.3 is 6.03 Å². The number of urea groups is 1. The first-order chi connectivity index (χ1) is 7.22. The Hall–Kier alpha value is -1.56. The Kier molecular flexibility index (Phi) is 2.59. The SMILES string of the molecule is CNC(=O)Nc1c2c(nn1C)CCNC2. The summed E-state index contributed by atoms with van der Waals surface area (Å²) in [5.74, 6) is 0.775. The van der Waals surface area contributed by atoms with Crippen LogP contribution in [0.25, 0.3) is 0 Å². The zero-order valence-corrected chi connectivity index (χ0v) is 8.92. The summed E-state index contributed by atoms with van der Waals surface area (Å²) in [4.78, 5) is 11.2. The van der Waals surface area contributed by atoms with Gasteiger partial charge in [0.25, 0.3) is 0 Å². The van der Waals surface area contributed by atoms with Crippen molar-refractivity contribution in [2.24, 2.45) is 7.05 Å². The fourth-order valence-corrected chi connectivity index (χ4v) is 1.76. The summed E-state index contributed by atoms with van der Waals surface area (Å²) in [7, 11) is 3.43. The summed E-state index contributed by atoms with van der Waals surface area (Å²) in [6.07, 6.45) is 0.915. The molecule has 1 aromatic heterocycles. The molecule has 0 radical (unpaired) electrons. The first-order valence-corrected chi connectivity index (χ1v) is 4.96. The van der Waals surface area contributed by atoms with Crippen molar-refractivity contribution in [2.45, 2.75) is 13.0 Å². The Labute approximate surface area is 88.0 Å². The molecule has 3 N–H and O–H groups in total. The average molecular weight is 209 g/mol. The van der Waals surface area contributed by atoms with Gasteiger partial charge in [0.1, 0.15) is 5.82 Å². The quantitative estimate of drug-likeness (QED) is 0.600. The third-order valence-electron chi connectivity index (χ3n) is 2.53. The molecular weight excluding hydrogens is 194 g/mol. The maximum absolute atomic E-state index is 11.2. The molecule has 0 spiro atoms. The first-order valence-electron chi connectivity index (χ1n) is 4.96. The van der Waals surface area contributed by atoms with Gasteiger partial charge in [-0.2, -0.15) is 5.10 Å². The van der Waals surface area contributed by atoms with E-state index < -0.39 is 0 Å². The zero-order chi connectivity index (χ0) is 10.8. The predicted octanol–water partition coefficient (Wildman–Crippen LogP) is -0.183. The molecule has 2 heterocycles. The monoisotopic (exact) mass is 209 g/mol. The van der Waals surface area contributed by atoms with Gasteiger partial charge in [0.05, 0.1) is 5.69 Å². The topological polar surface area (TPSA) is 71.0 Å². The highest BCUT2D eigenvalue weighted by Gasteiger charge is 2.19.